The van der Waals surface area contributed by atoms with Crippen LogP contribution in [-0.4, -0.2) is 18.0 Å². The maximum absolute atomic E-state index is 12.5. The molecule has 0 aliphatic heterocycles. The van der Waals surface area contributed by atoms with Crippen LogP contribution in [0.4, 0.5) is 0 Å². The Labute approximate surface area is 149 Å². The van der Waals surface area contributed by atoms with Gasteiger partial charge < -0.3 is 10.1 Å². The van der Waals surface area contributed by atoms with Crippen LogP contribution in [0.25, 0.3) is 10.9 Å². The molecular formula is C19H17BrN2O2. The van der Waals surface area contributed by atoms with Crippen LogP contribution in [0, 0.1) is 0 Å². The molecule has 3 rings (SSSR count). The number of methoxy groups -OCH3 is 1. The Morgan fingerprint density at radius 1 is 1.17 bits per heavy atom. The molecule has 0 aliphatic rings. The Bertz CT molecular complexity index is 895. The highest BCUT2D eigenvalue weighted by molar-refractivity contribution is 9.10. The molecule has 24 heavy (non-hydrogen) atoms. The van der Waals surface area contributed by atoms with Crippen LogP contribution in [0.2, 0.25) is 0 Å². The van der Waals surface area contributed by atoms with Gasteiger partial charge in [0.2, 0.25) is 0 Å². The molecule has 4 nitrogen and oxygen atoms in total. The lowest BCUT2D eigenvalue weighted by Gasteiger charge is -2.15. The minimum atomic E-state index is -0.194. The number of hydrogen-bond acceptors (Lipinski definition) is 3. The molecule has 0 saturated heterocycles. The van der Waals surface area contributed by atoms with Crippen molar-refractivity contribution in [1.29, 1.82) is 0 Å². The third-order valence-corrected chi connectivity index (χ3v) is 4.47. The van der Waals surface area contributed by atoms with Gasteiger partial charge >= 0.3 is 0 Å². The zero-order chi connectivity index (χ0) is 17.1. The number of para-hydroxylation sites is 1. The van der Waals surface area contributed by atoms with E-state index < -0.39 is 0 Å². The van der Waals surface area contributed by atoms with Crippen molar-refractivity contribution in [1.82, 2.24) is 10.3 Å². The summed E-state index contributed by atoms with van der Waals surface area (Å²) in [4.78, 5) is 16.9. The Kier molecular flexibility index (Phi) is 4.81. The van der Waals surface area contributed by atoms with E-state index in [1.807, 2.05) is 55.5 Å². The Balaban J connectivity index is 1.78. The zero-order valence-electron chi connectivity index (χ0n) is 13.4. The van der Waals surface area contributed by atoms with Crippen LogP contribution >= 0.6 is 15.9 Å². The number of halogens is 1. The fourth-order valence-corrected chi connectivity index (χ4v) is 3.06. The summed E-state index contributed by atoms with van der Waals surface area (Å²) in [6.07, 6.45) is 0. The number of nitrogens with zero attached hydrogens (tertiary/aromatic N) is 1. The number of fused-ring (bicyclic) bond motifs is 1. The van der Waals surface area contributed by atoms with E-state index >= 15 is 0 Å². The van der Waals surface area contributed by atoms with Crippen molar-refractivity contribution in [2.24, 2.45) is 0 Å². The van der Waals surface area contributed by atoms with E-state index in [0.717, 1.165) is 26.7 Å². The molecule has 0 aliphatic carbocycles. The van der Waals surface area contributed by atoms with Gasteiger partial charge in [-0.1, -0.05) is 30.3 Å². The molecule has 0 radical (unpaired) electrons. The van der Waals surface area contributed by atoms with E-state index in [9.17, 15) is 4.79 Å². The van der Waals surface area contributed by atoms with E-state index in [1.165, 1.54) is 0 Å². The zero-order valence-corrected chi connectivity index (χ0v) is 15.0. The number of carbonyl (C=O) groups is 1. The second-order valence-electron chi connectivity index (χ2n) is 5.48. The number of carbonyl (C=O) groups excluding carboxylic acids is 1. The first-order valence-corrected chi connectivity index (χ1v) is 8.38. The van der Waals surface area contributed by atoms with Crippen LogP contribution < -0.4 is 10.1 Å². The van der Waals surface area contributed by atoms with E-state index in [0.29, 0.717) is 5.69 Å². The predicted octanol–water partition coefficient (Wildman–Crippen LogP) is 4.50. The van der Waals surface area contributed by atoms with Crippen LogP contribution in [0.5, 0.6) is 5.75 Å². The third-order valence-electron chi connectivity index (χ3n) is 3.85. The summed E-state index contributed by atoms with van der Waals surface area (Å²) < 4.78 is 6.08. The highest BCUT2D eigenvalue weighted by atomic mass is 79.9. The van der Waals surface area contributed by atoms with E-state index in [2.05, 4.69) is 26.2 Å². The van der Waals surface area contributed by atoms with Gasteiger partial charge in [0.25, 0.3) is 5.91 Å². The minimum absolute atomic E-state index is 0.145. The van der Waals surface area contributed by atoms with Crippen molar-refractivity contribution in [3.63, 3.8) is 0 Å². The lowest BCUT2D eigenvalue weighted by molar-refractivity contribution is 0.0935. The monoisotopic (exact) mass is 384 g/mol. The summed E-state index contributed by atoms with van der Waals surface area (Å²) in [6, 6.07) is 17.0. The first-order valence-electron chi connectivity index (χ1n) is 7.58. The lowest BCUT2D eigenvalue weighted by atomic mass is 10.1. The maximum Gasteiger partial charge on any atom is 0.270 e. The molecule has 0 saturated carbocycles. The first-order chi connectivity index (χ1) is 11.6. The van der Waals surface area contributed by atoms with Crippen LogP contribution in [0.3, 0.4) is 0 Å². The smallest absolute Gasteiger partial charge is 0.270 e. The average molecular weight is 385 g/mol. The highest BCUT2D eigenvalue weighted by Gasteiger charge is 2.14. The van der Waals surface area contributed by atoms with Crippen LogP contribution in [-0.2, 0) is 0 Å². The second-order valence-corrected chi connectivity index (χ2v) is 6.33. The fraction of sp³-hybridized carbons (Fsp3) is 0.158. The van der Waals surface area contributed by atoms with Gasteiger partial charge in [-0.05, 0) is 52.7 Å². The molecule has 5 heteroatoms. The minimum Gasteiger partial charge on any atom is -0.496 e. The summed E-state index contributed by atoms with van der Waals surface area (Å²) in [5.41, 5.74) is 2.20. The van der Waals surface area contributed by atoms with Crippen molar-refractivity contribution >= 4 is 32.7 Å². The van der Waals surface area contributed by atoms with Gasteiger partial charge in [0.1, 0.15) is 11.4 Å². The molecule has 0 unspecified atom stereocenters. The molecule has 0 spiro atoms. The quantitative estimate of drug-likeness (QED) is 0.720. The molecule has 0 bridgehead atoms. The van der Waals surface area contributed by atoms with E-state index in [4.69, 9.17) is 4.74 Å². The number of rotatable bonds is 4. The summed E-state index contributed by atoms with van der Waals surface area (Å²) in [6.45, 7) is 1.94. The van der Waals surface area contributed by atoms with Gasteiger partial charge in [-0.15, -0.1) is 0 Å². The normalized spacial score (nSPS) is 12.0. The SMILES string of the molecule is COc1ccc([C@@H](C)NC(=O)c2ccc3ccccc3n2)cc1Br. The lowest BCUT2D eigenvalue weighted by Crippen LogP contribution is -2.27. The van der Waals surface area contributed by atoms with Gasteiger partial charge in [0, 0.05) is 5.39 Å². The molecular weight excluding hydrogens is 368 g/mol. The summed E-state index contributed by atoms with van der Waals surface area (Å²) in [5.74, 6) is 0.564. The van der Waals surface area contributed by atoms with Gasteiger partial charge in [-0.25, -0.2) is 4.98 Å². The van der Waals surface area contributed by atoms with Crippen molar-refractivity contribution in [3.05, 3.63) is 70.3 Å². The number of amides is 1. The van der Waals surface area contributed by atoms with Crippen LogP contribution in [0.1, 0.15) is 29.0 Å². The summed E-state index contributed by atoms with van der Waals surface area (Å²) >= 11 is 3.46. The molecule has 1 aromatic heterocycles. The largest absolute Gasteiger partial charge is 0.496 e. The first kappa shape index (κ1) is 16.5. The Morgan fingerprint density at radius 2 is 1.96 bits per heavy atom. The number of aromatic nitrogens is 1. The van der Waals surface area contributed by atoms with Gasteiger partial charge in [0.15, 0.2) is 0 Å². The van der Waals surface area contributed by atoms with Crippen LogP contribution in [0.15, 0.2) is 59.1 Å². The number of ether oxygens (including phenoxy) is 1. The third kappa shape index (κ3) is 3.41. The number of hydrogen-bond donors (Lipinski definition) is 1. The Morgan fingerprint density at radius 3 is 2.71 bits per heavy atom. The van der Waals surface area contributed by atoms with Crippen molar-refractivity contribution in [2.45, 2.75) is 13.0 Å². The number of pyridine rings is 1. The summed E-state index contributed by atoms with van der Waals surface area (Å²) in [7, 11) is 1.62. The van der Waals surface area contributed by atoms with E-state index in [-0.39, 0.29) is 11.9 Å². The van der Waals surface area contributed by atoms with Gasteiger partial charge in [0.05, 0.1) is 23.1 Å². The highest BCUT2D eigenvalue weighted by Crippen LogP contribution is 2.28. The fourth-order valence-electron chi connectivity index (χ4n) is 2.50. The molecule has 2 aromatic carbocycles. The molecule has 3 aromatic rings. The molecule has 122 valence electrons. The number of benzene rings is 2. The Hall–Kier alpha value is -2.40. The maximum atomic E-state index is 12.5. The van der Waals surface area contributed by atoms with Gasteiger partial charge in [-0.2, -0.15) is 0 Å². The van der Waals surface area contributed by atoms with Gasteiger partial charge in [-0.3, -0.25) is 4.79 Å². The van der Waals surface area contributed by atoms with Crippen molar-refractivity contribution in [2.75, 3.05) is 7.11 Å². The summed E-state index contributed by atoms with van der Waals surface area (Å²) in [5, 5.41) is 3.99. The molecule has 1 heterocycles. The second kappa shape index (κ2) is 7.01. The van der Waals surface area contributed by atoms with E-state index in [1.54, 1.807) is 13.2 Å². The van der Waals surface area contributed by atoms with Crippen molar-refractivity contribution < 1.29 is 9.53 Å². The molecule has 1 amide bonds. The predicted molar refractivity (Wildman–Crippen MR) is 98.3 cm³/mol. The average Bonchev–Trinajstić information content (AvgIpc) is 2.61. The topological polar surface area (TPSA) is 51.2 Å². The molecule has 0 fully saturated rings. The molecule has 1 N–H and O–H groups in total. The van der Waals surface area contributed by atoms with Crippen molar-refractivity contribution in [3.8, 4) is 5.75 Å². The number of nitrogens with one attached hydrogen (secondary N) is 1. The standard InChI is InChI=1S/C19H17BrN2O2/c1-12(14-8-10-18(24-2)15(20)11-14)21-19(23)17-9-7-13-5-3-4-6-16(13)22-17/h3-12H,1-2H3,(H,21,23)/t12-/m1/s1. The molecule has 1 atom stereocenters.